The lowest BCUT2D eigenvalue weighted by Crippen LogP contribution is -2.33. The molecule has 1 aromatic carbocycles. The lowest BCUT2D eigenvalue weighted by molar-refractivity contribution is -0.120. The quantitative estimate of drug-likeness (QED) is 0.552. The standard InChI is InChI=1S/C17H25N5O2S/c1-5-24-14-8-6-13(7-9-14)15-20-21-17(22(15)18)25-12(4)16(23)19-10-11(2)3/h6-9,11-12H,5,10,18H2,1-4H3,(H,19,23)/t12-/m0/s1. The van der Waals surface area contributed by atoms with Crippen molar-refractivity contribution in [3.63, 3.8) is 0 Å². The van der Waals surface area contributed by atoms with Crippen molar-refractivity contribution < 1.29 is 9.53 Å². The number of ether oxygens (including phenoxy) is 1. The molecule has 1 aromatic heterocycles. The molecule has 0 saturated heterocycles. The van der Waals surface area contributed by atoms with E-state index in [1.54, 1.807) is 0 Å². The first-order valence-electron chi connectivity index (χ1n) is 8.30. The Kier molecular flexibility index (Phi) is 6.69. The van der Waals surface area contributed by atoms with Gasteiger partial charge in [-0.3, -0.25) is 4.79 Å². The molecule has 0 fully saturated rings. The van der Waals surface area contributed by atoms with Crippen LogP contribution in [-0.4, -0.2) is 39.2 Å². The van der Waals surface area contributed by atoms with Crippen LogP contribution in [0.2, 0.25) is 0 Å². The maximum atomic E-state index is 12.1. The van der Waals surface area contributed by atoms with Crippen molar-refractivity contribution >= 4 is 17.7 Å². The van der Waals surface area contributed by atoms with Crippen molar-refractivity contribution in [2.24, 2.45) is 5.92 Å². The minimum absolute atomic E-state index is 0.0377. The number of hydrogen-bond acceptors (Lipinski definition) is 6. The van der Waals surface area contributed by atoms with E-state index < -0.39 is 0 Å². The van der Waals surface area contributed by atoms with Gasteiger partial charge in [-0.2, -0.15) is 0 Å². The van der Waals surface area contributed by atoms with E-state index in [1.165, 1.54) is 16.4 Å². The van der Waals surface area contributed by atoms with E-state index in [2.05, 4.69) is 29.4 Å². The number of nitrogens with two attached hydrogens (primary N) is 1. The fraction of sp³-hybridized carbons (Fsp3) is 0.471. The van der Waals surface area contributed by atoms with Crippen molar-refractivity contribution in [2.45, 2.75) is 38.1 Å². The summed E-state index contributed by atoms with van der Waals surface area (Å²) < 4.78 is 6.84. The number of carbonyl (C=O) groups is 1. The normalized spacial score (nSPS) is 12.2. The number of thioether (sulfide) groups is 1. The Labute approximate surface area is 152 Å². The average Bonchev–Trinajstić information content (AvgIpc) is 2.94. The van der Waals surface area contributed by atoms with E-state index in [9.17, 15) is 4.79 Å². The number of hydrogen-bond donors (Lipinski definition) is 2. The maximum absolute atomic E-state index is 12.1. The van der Waals surface area contributed by atoms with E-state index >= 15 is 0 Å². The molecule has 0 aliphatic rings. The predicted octanol–water partition coefficient (Wildman–Crippen LogP) is 2.31. The minimum Gasteiger partial charge on any atom is -0.494 e. The Balaban J connectivity index is 2.06. The van der Waals surface area contributed by atoms with Crippen LogP contribution in [0.5, 0.6) is 5.75 Å². The van der Waals surface area contributed by atoms with E-state index in [4.69, 9.17) is 10.6 Å². The summed E-state index contributed by atoms with van der Waals surface area (Å²) in [7, 11) is 0. The van der Waals surface area contributed by atoms with E-state index in [-0.39, 0.29) is 11.2 Å². The number of carbonyl (C=O) groups excluding carboxylic acids is 1. The zero-order valence-corrected chi connectivity index (χ0v) is 15.8. The van der Waals surface area contributed by atoms with Crippen LogP contribution < -0.4 is 15.9 Å². The molecule has 25 heavy (non-hydrogen) atoms. The smallest absolute Gasteiger partial charge is 0.233 e. The van der Waals surface area contributed by atoms with Gasteiger partial charge in [0.15, 0.2) is 5.82 Å². The summed E-state index contributed by atoms with van der Waals surface area (Å²) in [4.78, 5) is 12.1. The van der Waals surface area contributed by atoms with Crippen molar-refractivity contribution in [3.8, 4) is 17.1 Å². The molecule has 7 nitrogen and oxygen atoms in total. The fourth-order valence-corrected chi connectivity index (χ4v) is 2.88. The Hall–Kier alpha value is -2.22. The van der Waals surface area contributed by atoms with E-state index in [1.807, 2.05) is 38.1 Å². The number of rotatable bonds is 8. The molecule has 1 atom stereocenters. The number of nitrogen functional groups attached to an aromatic ring is 1. The molecule has 0 spiro atoms. The van der Waals surface area contributed by atoms with Gasteiger partial charge in [0, 0.05) is 12.1 Å². The van der Waals surface area contributed by atoms with Crippen molar-refractivity contribution in [3.05, 3.63) is 24.3 Å². The molecule has 0 radical (unpaired) electrons. The van der Waals surface area contributed by atoms with Crippen molar-refractivity contribution in [2.75, 3.05) is 19.0 Å². The van der Waals surface area contributed by atoms with Gasteiger partial charge in [-0.15, -0.1) is 10.2 Å². The summed E-state index contributed by atoms with van der Waals surface area (Å²) in [5.74, 6) is 7.81. The lowest BCUT2D eigenvalue weighted by atomic mass is 10.2. The average molecular weight is 363 g/mol. The number of benzene rings is 1. The Bertz CT molecular complexity index is 700. The Morgan fingerprint density at radius 2 is 1.96 bits per heavy atom. The van der Waals surface area contributed by atoms with Crippen LogP contribution >= 0.6 is 11.8 Å². The van der Waals surface area contributed by atoms with E-state index in [0.717, 1.165) is 11.3 Å². The first-order chi connectivity index (χ1) is 11.9. The van der Waals surface area contributed by atoms with Gasteiger partial charge in [-0.1, -0.05) is 25.6 Å². The van der Waals surface area contributed by atoms with Crippen molar-refractivity contribution in [1.82, 2.24) is 20.2 Å². The zero-order valence-electron chi connectivity index (χ0n) is 15.0. The molecular formula is C17H25N5O2S. The highest BCUT2D eigenvalue weighted by molar-refractivity contribution is 8.00. The monoisotopic (exact) mass is 363 g/mol. The lowest BCUT2D eigenvalue weighted by Gasteiger charge is -2.12. The molecule has 1 heterocycles. The first-order valence-corrected chi connectivity index (χ1v) is 9.18. The van der Waals surface area contributed by atoms with Crippen LogP contribution in [0, 0.1) is 5.92 Å². The highest BCUT2D eigenvalue weighted by Crippen LogP contribution is 2.26. The van der Waals surface area contributed by atoms with Gasteiger partial charge < -0.3 is 15.9 Å². The molecule has 0 unspecified atom stereocenters. The zero-order chi connectivity index (χ0) is 18.4. The van der Waals surface area contributed by atoms with Gasteiger partial charge in [0.2, 0.25) is 11.1 Å². The number of amides is 1. The van der Waals surface area contributed by atoms with Crippen LogP contribution in [0.1, 0.15) is 27.7 Å². The summed E-state index contributed by atoms with van der Waals surface area (Å²) in [5.41, 5.74) is 0.835. The van der Waals surface area contributed by atoms with Gasteiger partial charge >= 0.3 is 0 Å². The fourth-order valence-electron chi connectivity index (χ4n) is 2.08. The van der Waals surface area contributed by atoms with Gasteiger partial charge in [0.05, 0.1) is 11.9 Å². The summed E-state index contributed by atoms with van der Waals surface area (Å²) in [6.45, 7) is 9.13. The van der Waals surface area contributed by atoms with Gasteiger partial charge in [-0.25, -0.2) is 4.68 Å². The molecular weight excluding hydrogens is 338 g/mol. The third-order valence-corrected chi connectivity index (χ3v) is 4.48. The molecule has 0 aliphatic heterocycles. The van der Waals surface area contributed by atoms with Gasteiger partial charge in [-0.05, 0) is 44.0 Å². The summed E-state index contributed by atoms with van der Waals surface area (Å²) in [5, 5.41) is 11.3. The second kappa shape index (κ2) is 8.75. The van der Waals surface area contributed by atoms with Crippen LogP contribution in [0.3, 0.4) is 0 Å². The Morgan fingerprint density at radius 1 is 1.28 bits per heavy atom. The third-order valence-electron chi connectivity index (χ3n) is 3.42. The van der Waals surface area contributed by atoms with E-state index in [0.29, 0.717) is 30.1 Å². The van der Waals surface area contributed by atoms with Gasteiger partial charge in [0.1, 0.15) is 5.75 Å². The molecule has 136 valence electrons. The van der Waals surface area contributed by atoms with Crippen LogP contribution in [0.25, 0.3) is 11.4 Å². The van der Waals surface area contributed by atoms with Crippen LogP contribution in [0.4, 0.5) is 0 Å². The van der Waals surface area contributed by atoms with Crippen LogP contribution in [0.15, 0.2) is 29.4 Å². The molecule has 0 bridgehead atoms. The molecule has 2 aromatic rings. The maximum Gasteiger partial charge on any atom is 0.233 e. The summed E-state index contributed by atoms with van der Waals surface area (Å²) >= 11 is 1.28. The summed E-state index contributed by atoms with van der Waals surface area (Å²) in [6.07, 6.45) is 0. The van der Waals surface area contributed by atoms with Crippen molar-refractivity contribution in [1.29, 1.82) is 0 Å². The highest BCUT2D eigenvalue weighted by Gasteiger charge is 2.20. The third kappa shape index (κ3) is 5.12. The molecule has 1 amide bonds. The molecule has 0 saturated carbocycles. The SMILES string of the molecule is CCOc1ccc(-c2nnc(S[C@@H](C)C(=O)NCC(C)C)n2N)cc1. The molecule has 3 N–H and O–H groups in total. The molecule has 8 heteroatoms. The first kappa shape index (κ1) is 19.1. The second-order valence-corrected chi connectivity index (χ2v) is 7.34. The predicted molar refractivity (Wildman–Crippen MR) is 99.9 cm³/mol. The Morgan fingerprint density at radius 3 is 2.56 bits per heavy atom. The number of aromatic nitrogens is 3. The van der Waals surface area contributed by atoms with Crippen LogP contribution in [-0.2, 0) is 4.79 Å². The number of nitrogens with zero attached hydrogens (tertiary/aromatic N) is 3. The second-order valence-electron chi connectivity index (χ2n) is 6.03. The number of nitrogens with one attached hydrogen (secondary N) is 1. The highest BCUT2D eigenvalue weighted by atomic mass is 32.2. The summed E-state index contributed by atoms with van der Waals surface area (Å²) in [6, 6.07) is 7.49. The molecule has 2 rings (SSSR count). The topological polar surface area (TPSA) is 95.1 Å². The van der Waals surface area contributed by atoms with Gasteiger partial charge in [0.25, 0.3) is 0 Å². The largest absolute Gasteiger partial charge is 0.494 e. The molecule has 0 aliphatic carbocycles. The minimum atomic E-state index is -0.307.